The van der Waals surface area contributed by atoms with Gasteiger partial charge in [0.15, 0.2) is 0 Å². The molecule has 0 unspecified atom stereocenters. The third-order valence-corrected chi connectivity index (χ3v) is 3.57. The van der Waals surface area contributed by atoms with Crippen LogP contribution in [0.2, 0.25) is 0 Å². The summed E-state index contributed by atoms with van der Waals surface area (Å²) in [6.45, 7) is 0.391. The van der Waals surface area contributed by atoms with Crippen LogP contribution in [0.3, 0.4) is 0 Å². The molecule has 0 radical (unpaired) electrons. The molecule has 0 saturated carbocycles. The maximum atomic E-state index is 13.5. The Morgan fingerprint density at radius 3 is 2.18 bits per heavy atom. The average molecular weight is 299 g/mol. The summed E-state index contributed by atoms with van der Waals surface area (Å²) in [6.07, 6.45) is 0. The summed E-state index contributed by atoms with van der Waals surface area (Å²) >= 11 is 0. The lowest BCUT2D eigenvalue weighted by molar-refractivity contribution is 0.272. The molecule has 112 valence electrons. The number of rotatable bonds is 4. The Labute approximate surface area is 127 Å². The van der Waals surface area contributed by atoms with Crippen molar-refractivity contribution < 1.29 is 13.9 Å². The van der Waals surface area contributed by atoms with Gasteiger partial charge < -0.3 is 9.67 Å². The molecule has 3 aromatic rings. The largest absolute Gasteiger partial charge is 0.390 e. The molecule has 0 amide bonds. The summed E-state index contributed by atoms with van der Waals surface area (Å²) in [5, 5.41) is 9.50. The molecule has 0 aliphatic heterocycles. The standard InChI is InChI=1S/C18H15F2NO/c19-15-8-14(9-16(20)10-15)18-7-6-17(12-22)21(18)11-13-4-2-1-3-5-13/h1-10,22H,11-12H2. The minimum absolute atomic E-state index is 0.134. The summed E-state index contributed by atoms with van der Waals surface area (Å²) < 4.78 is 28.8. The summed E-state index contributed by atoms with van der Waals surface area (Å²) in [5.74, 6) is -1.24. The van der Waals surface area contributed by atoms with Crippen LogP contribution < -0.4 is 0 Å². The van der Waals surface area contributed by atoms with Crippen molar-refractivity contribution in [3.05, 3.63) is 83.6 Å². The molecule has 1 aromatic heterocycles. The number of hydrogen-bond donors (Lipinski definition) is 1. The van der Waals surface area contributed by atoms with E-state index in [1.807, 2.05) is 34.9 Å². The zero-order valence-electron chi connectivity index (χ0n) is 11.8. The summed E-state index contributed by atoms with van der Waals surface area (Å²) in [5.41, 5.74) is 2.87. The van der Waals surface area contributed by atoms with Crippen molar-refractivity contribution in [1.82, 2.24) is 4.57 Å². The lowest BCUT2D eigenvalue weighted by atomic mass is 10.1. The summed E-state index contributed by atoms with van der Waals surface area (Å²) in [4.78, 5) is 0. The first-order valence-corrected chi connectivity index (χ1v) is 6.97. The van der Waals surface area contributed by atoms with E-state index in [-0.39, 0.29) is 6.61 Å². The number of aliphatic hydroxyl groups excluding tert-OH is 1. The van der Waals surface area contributed by atoms with Gasteiger partial charge in [-0.2, -0.15) is 0 Å². The SMILES string of the molecule is OCc1ccc(-c2cc(F)cc(F)c2)n1Cc1ccccc1. The van der Waals surface area contributed by atoms with Gasteiger partial charge in [-0.3, -0.25) is 0 Å². The minimum atomic E-state index is -0.618. The van der Waals surface area contributed by atoms with E-state index in [4.69, 9.17) is 0 Å². The Hall–Kier alpha value is -2.46. The van der Waals surface area contributed by atoms with Crippen molar-refractivity contribution in [3.8, 4) is 11.3 Å². The molecular formula is C18H15F2NO. The Morgan fingerprint density at radius 1 is 0.864 bits per heavy atom. The van der Waals surface area contributed by atoms with Gasteiger partial charge in [0.05, 0.1) is 6.61 Å². The third kappa shape index (κ3) is 2.92. The van der Waals surface area contributed by atoms with Crippen LogP contribution in [0.5, 0.6) is 0 Å². The molecule has 2 aromatic carbocycles. The normalized spacial score (nSPS) is 10.9. The number of benzene rings is 2. The number of nitrogens with zero attached hydrogens (tertiary/aromatic N) is 1. The molecule has 0 atom stereocenters. The maximum absolute atomic E-state index is 13.5. The van der Waals surface area contributed by atoms with Crippen LogP contribution in [0.25, 0.3) is 11.3 Å². The third-order valence-electron chi connectivity index (χ3n) is 3.57. The van der Waals surface area contributed by atoms with Gasteiger partial charge in [0.2, 0.25) is 0 Å². The first-order chi connectivity index (χ1) is 10.7. The molecule has 0 bridgehead atoms. The molecular weight excluding hydrogens is 284 g/mol. The molecule has 0 spiro atoms. The Morgan fingerprint density at radius 2 is 1.55 bits per heavy atom. The van der Waals surface area contributed by atoms with E-state index in [0.29, 0.717) is 23.5 Å². The van der Waals surface area contributed by atoms with Crippen molar-refractivity contribution >= 4 is 0 Å². The molecule has 4 heteroatoms. The highest BCUT2D eigenvalue weighted by Gasteiger charge is 2.12. The van der Waals surface area contributed by atoms with Crippen LogP contribution in [0.1, 0.15) is 11.3 Å². The average Bonchev–Trinajstić information content (AvgIpc) is 2.90. The Bertz CT molecular complexity index is 761. The number of hydrogen-bond acceptors (Lipinski definition) is 1. The van der Waals surface area contributed by atoms with Gasteiger partial charge in [0, 0.05) is 29.6 Å². The van der Waals surface area contributed by atoms with E-state index in [2.05, 4.69) is 0 Å². The van der Waals surface area contributed by atoms with E-state index >= 15 is 0 Å². The predicted octanol–water partition coefficient (Wildman–Crippen LogP) is 3.97. The van der Waals surface area contributed by atoms with Crippen LogP contribution in [0.4, 0.5) is 8.78 Å². The van der Waals surface area contributed by atoms with Gasteiger partial charge in [0.1, 0.15) is 11.6 Å². The molecule has 2 nitrogen and oxygen atoms in total. The van der Waals surface area contributed by atoms with E-state index in [0.717, 1.165) is 11.6 Å². The van der Waals surface area contributed by atoms with E-state index in [9.17, 15) is 13.9 Å². The molecule has 22 heavy (non-hydrogen) atoms. The first-order valence-electron chi connectivity index (χ1n) is 6.97. The van der Waals surface area contributed by atoms with Crippen molar-refractivity contribution in [3.63, 3.8) is 0 Å². The molecule has 3 rings (SSSR count). The van der Waals surface area contributed by atoms with Crippen LogP contribution in [0.15, 0.2) is 60.7 Å². The maximum Gasteiger partial charge on any atom is 0.126 e. The lowest BCUT2D eigenvalue weighted by Gasteiger charge is -2.13. The van der Waals surface area contributed by atoms with Crippen molar-refractivity contribution in [2.45, 2.75) is 13.2 Å². The first kappa shape index (κ1) is 14.5. The topological polar surface area (TPSA) is 25.2 Å². The fourth-order valence-electron chi connectivity index (χ4n) is 2.55. The van der Waals surface area contributed by atoms with Gasteiger partial charge in [-0.1, -0.05) is 30.3 Å². The van der Waals surface area contributed by atoms with Crippen molar-refractivity contribution in [1.29, 1.82) is 0 Å². The molecule has 1 N–H and O–H groups in total. The molecule has 1 heterocycles. The van der Waals surface area contributed by atoms with Crippen LogP contribution in [0, 0.1) is 11.6 Å². The molecule has 0 fully saturated rings. The van der Waals surface area contributed by atoms with E-state index < -0.39 is 11.6 Å². The second-order valence-electron chi connectivity index (χ2n) is 5.10. The van der Waals surface area contributed by atoms with Gasteiger partial charge in [-0.25, -0.2) is 8.78 Å². The van der Waals surface area contributed by atoms with Gasteiger partial charge >= 0.3 is 0 Å². The smallest absolute Gasteiger partial charge is 0.126 e. The fourth-order valence-corrected chi connectivity index (χ4v) is 2.55. The van der Waals surface area contributed by atoms with Crippen LogP contribution in [-0.4, -0.2) is 9.67 Å². The monoisotopic (exact) mass is 299 g/mol. The van der Waals surface area contributed by atoms with Crippen LogP contribution >= 0.6 is 0 Å². The van der Waals surface area contributed by atoms with Gasteiger partial charge in [-0.15, -0.1) is 0 Å². The van der Waals surface area contributed by atoms with E-state index in [1.165, 1.54) is 12.1 Å². The predicted molar refractivity (Wildman–Crippen MR) is 81.3 cm³/mol. The van der Waals surface area contributed by atoms with Gasteiger partial charge in [-0.05, 0) is 29.8 Å². The second kappa shape index (κ2) is 6.12. The summed E-state index contributed by atoms with van der Waals surface area (Å²) in [7, 11) is 0. The van der Waals surface area contributed by atoms with Crippen molar-refractivity contribution in [2.75, 3.05) is 0 Å². The minimum Gasteiger partial charge on any atom is -0.390 e. The Kier molecular flexibility index (Phi) is 4.02. The molecule has 0 saturated heterocycles. The van der Waals surface area contributed by atoms with Crippen molar-refractivity contribution in [2.24, 2.45) is 0 Å². The molecule has 0 aliphatic carbocycles. The quantitative estimate of drug-likeness (QED) is 0.774. The van der Waals surface area contributed by atoms with E-state index in [1.54, 1.807) is 12.1 Å². The Balaban J connectivity index is 2.07. The number of aliphatic hydroxyl groups is 1. The fraction of sp³-hybridized carbons (Fsp3) is 0.111. The summed E-state index contributed by atoms with van der Waals surface area (Å²) in [6, 6.07) is 16.7. The zero-order valence-corrected chi connectivity index (χ0v) is 11.8. The van der Waals surface area contributed by atoms with Gasteiger partial charge in [0.25, 0.3) is 0 Å². The zero-order chi connectivity index (χ0) is 15.5. The van der Waals surface area contributed by atoms with Crippen LogP contribution in [-0.2, 0) is 13.2 Å². The second-order valence-corrected chi connectivity index (χ2v) is 5.10. The highest BCUT2D eigenvalue weighted by molar-refractivity contribution is 5.61. The lowest BCUT2D eigenvalue weighted by Crippen LogP contribution is -2.06. The highest BCUT2D eigenvalue weighted by atomic mass is 19.1. The highest BCUT2D eigenvalue weighted by Crippen LogP contribution is 2.25. The molecule has 0 aliphatic rings. The number of aromatic nitrogens is 1. The number of halogens is 2.